The molecule has 1 aromatic rings. The second-order valence-electron chi connectivity index (χ2n) is 3.45. The van der Waals surface area contributed by atoms with Crippen molar-refractivity contribution >= 4 is 12.0 Å². The lowest BCUT2D eigenvalue weighted by Crippen LogP contribution is -2.02. The van der Waals surface area contributed by atoms with Gasteiger partial charge in [-0.15, -0.1) is 0 Å². The third-order valence-corrected chi connectivity index (χ3v) is 2.24. The molecule has 6 nitrogen and oxygen atoms in total. The summed E-state index contributed by atoms with van der Waals surface area (Å²) in [6.45, 7) is 0.222. The molecule has 94 valence electrons. The van der Waals surface area contributed by atoms with Crippen molar-refractivity contribution in [2.24, 2.45) is 5.11 Å². The number of carbonyl (C=O) groups is 1. The number of ether oxygens (including phenoxy) is 1. The predicted octanol–water partition coefficient (Wildman–Crippen LogP) is 2.65. The van der Waals surface area contributed by atoms with E-state index in [1.165, 1.54) is 0 Å². The van der Waals surface area contributed by atoms with E-state index >= 15 is 0 Å². The average Bonchev–Trinajstić information content (AvgIpc) is 2.35. The van der Waals surface area contributed by atoms with Crippen LogP contribution in [0, 0.1) is 0 Å². The second-order valence-corrected chi connectivity index (χ2v) is 3.45. The summed E-state index contributed by atoms with van der Waals surface area (Å²) in [5.41, 5.74) is 9.57. The number of azide groups is 1. The summed E-state index contributed by atoms with van der Waals surface area (Å²) in [7, 11) is 1.54. The fourth-order valence-electron chi connectivity index (χ4n) is 1.44. The predicted molar refractivity (Wildman–Crippen MR) is 67.4 cm³/mol. The number of carboxylic acids is 1. The monoisotopic (exact) mass is 247 g/mol. The van der Waals surface area contributed by atoms with Gasteiger partial charge in [0.2, 0.25) is 0 Å². The molecule has 1 N–H and O–H groups in total. The molecule has 0 saturated heterocycles. The van der Waals surface area contributed by atoms with E-state index in [1.807, 2.05) is 0 Å². The van der Waals surface area contributed by atoms with Gasteiger partial charge < -0.3 is 9.84 Å². The first-order valence-electron chi connectivity index (χ1n) is 5.23. The number of benzene rings is 1. The van der Waals surface area contributed by atoms with Gasteiger partial charge in [-0.1, -0.05) is 23.3 Å². The Labute approximate surface area is 104 Å². The quantitative estimate of drug-likeness (QED) is 0.475. The van der Waals surface area contributed by atoms with Gasteiger partial charge in [0.15, 0.2) is 0 Å². The summed E-state index contributed by atoms with van der Waals surface area (Å²) in [6.07, 6.45) is 3.32. The van der Waals surface area contributed by atoms with Crippen molar-refractivity contribution in [2.45, 2.75) is 6.42 Å². The van der Waals surface area contributed by atoms with Crippen molar-refractivity contribution < 1.29 is 14.6 Å². The Morgan fingerprint density at radius 1 is 1.61 bits per heavy atom. The van der Waals surface area contributed by atoms with Crippen LogP contribution < -0.4 is 4.74 Å². The maximum atomic E-state index is 10.7. The van der Waals surface area contributed by atoms with Crippen molar-refractivity contribution in [3.05, 3.63) is 45.8 Å². The molecule has 0 amide bonds. The largest absolute Gasteiger partial charge is 0.497 e. The molecule has 0 atom stereocenters. The molecule has 0 heterocycles. The van der Waals surface area contributed by atoms with E-state index in [0.717, 1.165) is 5.56 Å². The molecule has 0 aliphatic heterocycles. The second kappa shape index (κ2) is 6.98. The highest BCUT2D eigenvalue weighted by molar-refractivity contribution is 5.73. The van der Waals surface area contributed by atoms with Gasteiger partial charge >= 0.3 is 5.97 Å². The normalized spacial score (nSPS) is 10.1. The van der Waals surface area contributed by atoms with E-state index in [0.29, 0.717) is 11.3 Å². The van der Waals surface area contributed by atoms with Crippen molar-refractivity contribution in [1.82, 2.24) is 0 Å². The first-order chi connectivity index (χ1) is 8.67. The lowest BCUT2D eigenvalue weighted by atomic mass is 10.0. The van der Waals surface area contributed by atoms with E-state index in [4.69, 9.17) is 15.4 Å². The van der Waals surface area contributed by atoms with Crippen LogP contribution in [0.25, 0.3) is 16.5 Å². The molecule has 0 bridgehead atoms. The van der Waals surface area contributed by atoms with Gasteiger partial charge in [-0.3, -0.25) is 4.79 Å². The summed E-state index contributed by atoms with van der Waals surface area (Å²) in [4.78, 5) is 13.4. The lowest BCUT2D eigenvalue weighted by molar-refractivity contribution is -0.136. The average molecular weight is 247 g/mol. The van der Waals surface area contributed by atoms with Crippen LogP contribution in [0.15, 0.2) is 29.4 Å². The first-order valence-corrected chi connectivity index (χ1v) is 5.23. The minimum Gasteiger partial charge on any atom is -0.497 e. The molecular weight excluding hydrogens is 234 g/mol. The van der Waals surface area contributed by atoms with E-state index < -0.39 is 5.97 Å². The molecule has 0 unspecified atom stereocenters. The van der Waals surface area contributed by atoms with E-state index in [9.17, 15) is 4.79 Å². The Bertz CT molecular complexity index is 505. The van der Waals surface area contributed by atoms with Gasteiger partial charge in [0, 0.05) is 11.5 Å². The van der Waals surface area contributed by atoms with Crippen LogP contribution in [0.4, 0.5) is 0 Å². The van der Waals surface area contributed by atoms with Crippen LogP contribution in [0.1, 0.15) is 11.1 Å². The van der Waals surface area contributed by atoms with Gasteiger partial charge in [0.25, 0.3) is 0 Å². The topological polar surface area (TPSA) is 95.3 Å². The number of nitrogens with zero attached hydrogens (tertiary/aromatic N) is 3. The standard InChI is InChI=1S/C12H13N3O3/c1-18-11-5-4-10(8-12(16)17)9(7-11)3-2-6-14-15-13/h2-5,7H,6,8H2,1H3,(H,16,17). The molecule has 1 aromatic carbocycles. The summed E-state index contributed by atoms with van der Waals surface area (Å²) >= 11 is 0. The van der Waals surface area contributed by atoms with Gasteiger partial charge in [0.1, 0.15) is 5.75 Å². The van der Waals surface area contributed by atoms with Gasteiger partial charge in [-0.05, 0) is 28.8 Å². The molecule has 0 aromatic heterocycles. The van der Waals surface area contributed by atoms with Crippen molar-refractivity contribution in [3.8, 4) is 5.75 Å². The molecule has 0 aliphatic rings. The maximum absolute atomic E-state index is 10.7. The van der Waals surface area contributed by atoms with E-state index in [-0.39, 0.29) is 13.0 Å². The first kappa shape index (κ1) is 13.6. The Hall–Kier alpha value is -2.46. The molecule has 0 fully saturated rings. The van der Waals surface area contributed by atoms with Crippen LogP contribution in [0.3, 0.4) is 0 Å². The highest BCUT2D eigenvalue weighted by atomic mass is 16.5. The Morgan fingerprint density at radius 3 is 3.00 bits per heavy atom. The molecule has 1 rings (SSSR count). The number of hydrogen-bond acceptors (Lipinski definition) is 3. The van der Waals surface area contributed by atoms with Gasteiger partial charge in [-0.2, -0.15) is 0 Å². The molecule has 0 spiro atoms. The van der Waals surface area contributed by atoms with Crippen LogP contribution in [0.5, 0.6) is 5.75 Å². The summed E-state index contributed by atoms with van der Waals surface area (Å²) in [5.74, 6) is -0.252. The van der Waals surface area contributed by atoms with Crippen molar-refractivity contribution in [2.75, 3.05) is 13.7 Å². The molecule has 0 aliphatic carbocycles. The van der Waals surface area contributed by atoms with Crippen molar-refractivity contribution in [3.63, 3.8) is 0 Å². The Balaban J connectivity index is 2.98. The van der Waals surface area contributed by atoms with E-state index in [1.54, 1.807) is 37.5 Å². The van der Waals surface area contributed by atoms with Crippen LogP contribution >= 0.6 is 0 Å². The fourth-order valence-corrected chi connectivity index (χ4v) is 1.44. The zero-order valence-corrected chi connectivity index (χ0v) is 9.91. The molecule has 18 heavy (non-hydrogen) atoms. The molecule has 6 heteroatoms. The number of aliphatic carboxylic acids is 1. The Morgan fingerprint density at radius 2 is 2.39 bits per heavy atom. The molecular formula is C12H13N3O3. The smallest absolute Gasteiger partial charge is 0.307 e. The van der Waals surface area contributed by atoms with Crippen LogP contribution in [-0.4, -0.2) is 24.7 Å². The van der Waals surface area contributed by atoms with Crippen molar-refractivity contribution in [1.29, 1.82) is 0 Å². The summed E-state index contributed by atoms with van der Waals surface area (Å²) < 4.78 is 5.08. The zero-order valence-electron chi connectivity index (χ0n) is 9.91. The van der Waals surface area contributed by atoms with Gasteiger partial charge in [-0.25, -0.2) is 0 Å². The zero-order chi connectivity index (χ0) is 13.4. The lowest BCUT2D eigenvalue weighted by Gasteiger charge is -2.06. The number of methoxy groups -OCH3 is 1. The third-order valence-electron chi connectivity index (χ3n) is 2.24. The molecule has 0 saturated carbocycles. The van der Waals surface area contributed by atoms with Crippen LogP contribution in [-0.2, 0) is 11.2 Å². The highest BCUT2D eigenvalue weighted by Gasteiger charge is 2.06. The number of rotatable bonds is 6. The summed E-state index contributed by atoms with van der Waals surface area (Å²) in [6, 6.07) is 5.16. The van der Waals surface area contributed by atoms with Crippen LogP contribution in [0.2, 0.25) is 0 Å². The van der Waals surface area contributed by atoms with Gasteiger partial charge in [0.05, 0.1) is 13.5 Å². The molecule has 0 radical (unpaired) electrons. The SMILES string of the molecule is COc1ccc(CC(=O)O)c(C=CCN=[N+]=[N-])c1. The summed E-state index contributed by atoms with van der Waals surface area (Å²) in [5, 5.41) is 12.2. The number of hydrogen-bond donors (Lipinski definition) is 1. The highest BCUT2D eigenvalue weighted by Crippen LogP contribution is 2.19. The van der Waals surface area contributed by atoms with E-state index in [2.05, 4.69) is 10.0 Å². The Kier molecular flexibility index (Phi) is 5.28. The fraction of sp³-hybridized carbons (Fsp3) is 0.250. The third kappa shape index (κ3) is 4.19. The minimum atomic E-state index is -0.898. The minimum absolute atomic E-state index is 0.0643. The number of carboxylic acid groups (broad SMARTS) is 1. The maximum Gasteiger partial charge on any atom is 0.307 e.